The first-order chi connectivity index (χ1) is 9.17. The summed E-state index contributed by atoms with van der Waals surface area (Å²) in [6, 6.07) is 0. The number of β-amino-alcohol motifs (C(OH)–C–C–N with tert-alkyl or cyclic N) is 1. The number of ether oxygens (including phenoxy) is 1. The Morgan fingerprint density at radius 2 is 2.42 bits per heavy atom. The average molecular weight is 268 g/mol. The van der Waals surface area contributed by atoms with Gasteiger partial charge in [0.05, 0.1) is 30.6 Å². The molecule has 1 saturated heterocycles. The van der Waals surface area contributed by atoms with Crippen LogP contribution in [0.2, 0.25) is 0 Å². The Hall–Kier alpha value is -1.11. The van der Waals surface area contributed by atoms with Crippen LogP contribution in [0.15, 0.2) is 12.4 Å². The van der Waals surface area contributed by atoms with E-state index < -0.39 is 6.10 Å². The number of aromatic nitrogens is 2. The fourth-order valence-corrected chi connectivity index (χ4v) is 2.60. The molecule has 0 aliphatic carbocycles. The van der Waals surface area contributed by atoms with Crippen LogP contribution in [0.25, 0.3) is 0 Å². The van der Waals surface area contributed by atoms with Crippen LogP contribution in [0.4, 0.5) is 5.69 Å². The van der Waals surface area contributed by atoms with E-state index in [-0.39, 0.29) is 0 Å². The van der Waals surface area contributed by atoms with Crippen LogP contribution in [0.3, 0.4) is 0 Å². The number of anilines is 1. The van der Waals surface area contributed by atoms with Gasteiger partial charge in [0.1, 0.15) is 0 Å². The molecule has 2 rings (SSSR count). The van der Waals surface area contributed by atoms with Crippen LogP contribution in [-0.2, 0) is 11.3 Å². The van der Waals surface area contributed by atoms with Crippen molar-refractivity contribution in [3.8, 4) is 0 Å². The largest absolute Gasteiger partial charge is 0.396 e. The molecule has 0 aromatic carbocycles. The number of piperidine rings is 1. The number of nitrogen functional groups attached to an aromatic ring is 1. The van der Waals surface area contributed by atoms with Gasteiger partial charge >= 0.3 is 0 Å². The summed E-state index contributed by atoms with van der Waals surface area (Å²) in [5.74, 6) is 0. The zero-order valence-electron chi connectivity index (χ0n) is 11.5. The molecule has 19 heavy (non-hydrogen) atoms. The molecule has 1 aromatic rings. The van der Waals surface area contributed by atoms with Crippen LogP contribution < -0.4 is 5.73 Å². The molecule has 108 valence electrons. The van der Waals surface area contributed by atoms with E-state index in [9.17, 15) is 5.11 Å². The number of rotatable bonds is 6. The molecule has 1 aliphatic rings. The Labute approximate surface area is 114 Å². The van der Waals surface area contributed by atoms with Crippen molar-refractivity contribution >= 4 is 5.69 Å². The fourth-order valence-electron chi connectivity index (χ4n) is 2.60. The molecule has 1 aliphatic heterocycles. The highest BCUT2D eigenvalue weighted by Gasteiger charge is 2.22. The van der Waals surface area contributed by atoms with Gasteiger partial charge in [-0.25, -0.2) is 0 Å². The molecule has 0 saturated carbocycles. The van der Waals surface area contributed by atoms with Crippen LogP contribution in [-0.4, -0.2) is 58.2 Å². The number of aliphatic hydroxyl groups is 1. The standard InChI is InChI=1S/C13H24N4O2/c1-2-19-13-4-3-5-16(10-13)8-12(18)9-17-7-11(14)6-15-17/h6-7,12-13,18H,2-5,8-10,14H2,1H3. The Balaban J connectivity index is 1.76. The number of nitrogens with zero attached hydrogens (tertiary/aromatic N) is 3. The lowest BCUT2D eigenvalue weighted by molar-refractivity contribution is -0.00890. The van der Waals surface area contributed by atoms with Crippen molar-refractivity contribution in [2.75, 3.05) is 32.0 Å². The van der Waals surface area contributed by atoms with Gasteiger partial charge in [0.2, 0.25) is 0 Å². The molecule has 6 nitrogen and oxygen atoms in total. The van der Waals surface area contributed by atoms with E-state index in [1.54, 1.807) is 17.1 Å². The third kappa shape index (κ3) is 4.49. The lowest BCUT2D eigenvalue weighted by atomic mass is 10.1. The Morgan fingerprint density at radius 3 is 3.11 bits per heavy atom. The number of hydrogen-bond donors (Lipinski definition) is 2. The average Bonchev–Trinajstić information content (AvgIpc) is 2.75. The van der Waals surface area contributed by atoms with Gasteiger partial charge in [0.25, 0.3) is 0 Å². The normalized spacial score (nSPS) is 22.5. The maximum Gasteiger partial charge on any atom is 0.0862 e. The van der Waals surface area contributed by atoms with Gasteiger partial charge in [0.15, 0.2) is 0 Å². The fraction of sp³-hybridized carbons (Fsp3) is 0.769. The van der Waals surface area contributed by atoms with Crippen molar-refractivity contribution in [1.29, 1.82) is 0 Å². The van der Waals surface area contributed by atoms with Gasteiger partial charge in [-0.05, 0) is 26.3 Å². The minimum absolute atomic E-state index is 0.311. The summed E-state index contributed by atoms with van der Waals surface area (Å²) in [4.78, 5) is 2.27. The van der Waals surface area contributed by atoms with E-state index in [0.29, 0.717) is 24.9 Å². The third-order valence-electron chi connectivity index (χ3n) is 3.38. The van der Waals surface area contributed by atoms with Crippen LogP contribution in [0.1, 0.15) is 19.8 Å². The van der Waals surface area contributed by atoms with Gasteiger partial charge < -0.3 is 15.6 Å². The van der Waals surface area contributed by atoms with Crippen LogP contribution in [0.5, 0.6) is 0 Å². The van der Waals surface area contributed by atoms with Crippen molar-refractivity contribution in [3.05, 3.63) is 12.4 Å². The Bertz CT molecular complexity index is 380. The smallest absolute Gasteiger partial charge is 0.0862 e. The molecule has 3 N–H and O–H groups in total. The summed E-state index contributed by atoms with van der Waals surface area (Å²) >= 11 is 0. The zero-order valence-corrected chi connectivity index (χ0v) is 11.5. The predicted molar refractivity (Wildman–Crippen MR) is 73.7 cm³/mol. The first-order valence-corrected chi connectivity index (χ1v) is 6.97. The van der Waals surface area contributed by atoms with Crippen LogP contribution >= 0.6 is 0 Å². The Kier molecular flexibility index (Phi) is 5.18. The van der Waals surface area contributed by atoms with E-state index in [2.05, 4.69) is 10.00 Å². The van der Waals surface area contributed by atoms with Crippen molar-refractivity contribution in [2.45, 2.75) is 38.5 Å². The summed E-state index contributed by atoms with van der Waals surface area (Å²) in [7, 11) is 0. The minimum atomic E-state index is -0.431. The molecule has 2 atom stereocenters. The van der Waals surface area contributed by atoms with Crippen molar-refractivity contribution in [3.63, 3.8) is 0 Å². The molecular weight excluding hydrogens is 244 g/mol. The number of hydrogen-bond acceptors (Lipinski definition) is 5. The molecule has 2 unspecified atom stereocenters. The zero-order chi connectivity index (χ0) is 13.7. The van der Waals surface area contributed by atoms with E-state index in [4.69, 9.17) is 10.5 Å². The van der Waals surface area contributed by atoms with E-state index in [0.717, 1.165) is 32.5 Å². The highest BCUT2D eigenvalue weighted by Crippen LogP contribution is 2.13. The molecular formula is C13H24N4O2. The summed E-state index contributed by atoms with van der Waals surface area (Å²) in [6.45, 7) is 5.86. The lowest BCUT2D eigenvalue weighted by Crippen LogP contribution is -2.44. The number of nitrogens with two attached hydrogens (primary N) is 1. The third-order valence-corrected chi connectivity index (χ3v) is 3.38. The van der Waals surface area contributed by atoms with Crippen molar-refractivity contribution in [1.82, 2.24) is 14.7 Å². The SMILES string of the molecule is CCOC1CCCN(CC(O)Cn2cc(N)cn2)C1. The maximum atomic E-state index is 10.1. The maximum absolute atomic E-state index is 10.1. The van der Waals surface area contributed by atoms with Gasteiger partial charge in [-0.3, -0.25) is 9.58 Å². The molecule has 0 bridgehead atoms. The molecule has 0 spiro atoms. The molecule has 0 radical (unpaired) electrons. The van der Waals surface area contributed by atoms with E-state index in [1.807, 2.05) is 6.92 Å². The van der Waals surface area contributed by atoms with Crippen molar-refractivity contribution in [2.24, 2.45) is 0 Å². The molecule has 1 aromatic heterocycles. The first kappa shape index (κ1) is 14.3. The van der Waals surface area contributed by atoms with E-state index >= 15 is 0 Å². The summed E-state index contributed by atoms with van der Waals surface area (Å²) in [6.07, 6.45) is 5.47. The molecule has 1 fully saturated rings. The monoisotopic (exact) mass is 268 g/mol. The Morgan fingerprint density at radius 1 is 1.58 bits per heavy atom. The topological polar surface area (TPSA) is 76.5 Å². The summed E-state index contributed by atoms with van der Waals surface area (Å²) < 4.78 is 7.34. The summed E-state index contributed by atoms with van der Waals surface area (Å²) in [5, 5.41) is 14.2. The van der Waals surface area contributed by atoms with Gasteiger partial charge in [-0.15, -0.1) is 0 Å². The number of likely N-dealkylation sites (tertiary alicyclic amines) is 1. The second kappa shape index (κ2) is 6.88. The highest BCUT2D eigenvalue weighted by molar-refractivity contribution is 5.30. The minimum Gasteiger partial charge on any atom is -0.396 e. The lowest BCUT2D eigenvalue weighted by Gasteiger charge is -2.33. The van der Waals surface area contributed by atoms with Crippen molar-refractivity contribution < 1.29 is 9.84 Å². The highest BCUT2D eigenvalue weighted by atomic mass is 16.5. The quantitative estimate of drug-likeness (QED) is 0.777. The number of aliphatic hydroxyl groups excluding tert-OH is 1. The van der Waals surface area contributed by atoms with Gasteiger partial charge in [0, 0.05) is 25.9 Å². The van der Waals surface area contributed by atoms with Gasteiger partial charge in [-0.2, -0.15) is 5.10 Å². The van der Waals surface area contributed by atoms with Gasteiger partial charge in [-0.1, -0.05) is 0 Å². The first-order valence-electron chi connectivity index (χ1n) is 6.97. The molecule has 0 amide bonds. The molecule has 2 heterocycles. The predicted octanol–water partition coefficient (Wildman–Crippen LogP) is 0.327. The summed E-state index contributed by atoms with van der Waals surface area (Å²) in [5.41, 5.74) is 6.22. The van der Waals surface area contributed by atoms with Crippen LogP contribution in [0, 0.1) is 0 Å². The molecule has 6 heteroatoms. The second-order valence-corrected chi connectivity index (χ2v) is 5.13. The second-order valence-electron chi connectivity index (χ2n) is 5.13. The van der Waals surface area contributed by atoms with E-state index in [1.165, 1.54) is 0 Å².